The van der Waals surface area contributed by atoms with Crippen molar-refractivity contribution in [3.63, 3.8) is 0 Å². The van der Waals surface area contributed by atoms with Crippen LogP contribution in [0.5, 0.6) is 17.2 Å². The summed E-state index contributed by atoms with van der Waals surface area (Å²) in [5, 5.41) is 5.74. The Labute approximate surface area is 171 Å². The number of anilines is 1. The Morgan fingerprint density at radius 2 is 1.66 bits per heavy atom. The zero-order valence-corrected chi connectivity index (χ0v) is 17.5. The molecule has 156 valence electrons. The van der Waals surface area contributed by atoms with E-state index in [0.717, 1.165) is 6.42 Å². The molecule has 0 saturated heterocycles. The highest BCUT2D eigenvalue weighted by atomic mass is 16.5. The smallest absolute Gasteiger partial charge is 0.253 e. The first kappa shape index (κ1) is 22.1. The van der Waals surface area contributed by atoms with Gasteiger partial charge in [-0.25, -0.2) is 0 Å². The number of nitrogens with one attached hydrogen (secondary N) is 2. The van der Waals surface area contributed by atoms with E-state index in [1.165, 1.54) is 21.3 Å². The number of ether oxygens (including phenoxy) is 3. The van der Waals surface area contributed by atoms with E-state index in [4.69, 9.17) is 14.2 Å². The third-order valence-corrected chi connectivity index (χ3v) is 4.57. The molecule has 7 nitrogen and oxygen atoms in total. The van der Waals surface area contributed by atoms with Crippen LogP contribution in [0.15, 0.2) is 36.4 Å². The Kier molecular flexibility index (Phi) is 7.88. The van der Waals surface area contributed by atoms with E-state index < -0.39 is 0 Å². The number of para-hydroxylation sites is 1. The first-order valence-corrected chi connectivity index (χ1v) is 9.42. The minimum atomic E-state index is -0.278. The Hall–Kier alpha value is -3.22. The van der Waals surface area contributed by atoms with E-state index in [1.54, 1.807) is 36.4 Å². The standard InChI is InChI=1S/C22H28N2O5/c1-6-14(2)23-22(26)16-9-7-8-10-17(16)24-19(25)13-15-11-12-18(27-3)21(29-5)20(15)28-4/h7-12,14H,6,13H2,1-5H3,(H,23,26)(H,24,25)/t14-/m1/s1. The average molecular weight is 400 g/mol. The zero-order chi connectivity index (χ0) is 21.4. The second kappa shape index (κ2) is 10.4. The highest BCUT2D eigenvalue weighted by molar-refractivity contribution is 6.04. The molecule has 0 aliphatic heterocycles. The average Bonchev–Trinajstić information content (AvgIpc) is 2.73. The van der Waals surface area contributed by atoms with E-state index >= 15 is 0 Å². The van der Waals surface area contributed by atoms with Gasteiger partial charge in [0.1, 0.15) is 0 Å². The summed E-state index contributed by atoms with van der Waals surface area (Å²) in [6.07, 6.45) is 0.865. The molecule has 2 rings (SSSR count). The van der Waals surface area contributed by atoms with Gasteiger partial charge in [-0.05, 0) is 31.5 Å². The van der Waals surface area contributed by atoms with Gasteiger partial charge in [0.25, 0.3) is 5.91 Å². The fraction of sp³-hybridized carbons (Fsp3) is 0.364. The lowest BCUT2D eigenvalue weighted by Crippen LogP contribution is -2.32. The monoisotopic (exact) mass is 400 g/mol. The summed E-state index contributed by atoms with van der Waals surface area (Å²) >= 11 is 0. The van der Waals surface area contributed by atoms with Crippen molar-refractivity contribution >= 4 is 17.5 Å². The molecule has 0 aromatic heterocycles. The number of carbonyl (C=O) groups is 2. The molecule has 0 spiro atoms. The fourth-order valence-electron chi connectivity index (χ4n) is 2.86. The van der Waals surface area contributed by atoms with Gasteiger partial charge < -0.3 is 24.8 Å². The van der Waals surface area contributed by atoms with Crippen LogP contribution in [0.2, 0.25) is 0 Å². The van der Waals surface area contributed by atoms with Gasteiger partial charge >= 0.3 is 0 Å². The molecular formula is C22H28N2O5. The summed E-state index contributed by atoms with van der Waals surface area (Å²) in [4.78, 5) is 25.2. The second-order valence-corrected chi connectivity index (χ2v) is 6.55. The molecule has 0 fully saturated rings. The number of benzene rings is 2. The molecule has 2 aromatic carbocycles. The lowest BCUT2D eigenvalue weighted by Gasteiger charge is -2.17. The molecule has 0 radical (unpaired) electrons. The number of amides is 2. The van der Waals surface area contributed by atoms with Crippen molar-refractivity contribution in [1.29, 1.82) is 0 Å². The van der Waals surface area contributed by atoms with Gasteiger partial charge in [0, 0.05) is 11.6 Å². The first-order chi connectivity index (χ1) is 13.9. The van der Waals surface area contributed by atoms with E-state index in [0.29, 0.717) is 34.1 Å². The van der Waals surface area contributed by atoms with Crippen molar-refractivity contribution in [3.8, 4) is 17.2 Å². The molecule has 0 aliphatic carbocycles. The van der Waals surface area contributed by atoms with Gasteiger partial charge in [-0.1, -0.05) is 25.1 Å². The highest BCUT2D eigenvalue weighted by Crippen LogP contribution is 2.40. The van der Waals surface area contributed by atoms with Crippen LogP contribution in [0.3, 0.4) is 0 Å². The summed E-state index contributed by atoms with van der Waals surface area (Å²) in [6.45, 7) is 3.93. The number of hydrogen-bond acceptors (Lipinski definition) is 5. The quantitative estimate of drug-likeness (QED) is 0.674. The molecule has 0 aliphatic rings. The van der Waals surface area contributed by atoms with Gasteiger partial charge in [-0.3, -0.25) is 9.59 Å². The Balaban J connectivity index is 2.22. The maximum Gasteiger partial charge on any atom is 0.253 e. The van der Waals surface area contributed by atoms with Crippen LogP contribution in [0.4, 0.5) is 5.69 Å². The molecule has 1 atom stereocenters. The van der Waals surface area contributed by atoms with E-state index in [-0.39, 0.29) is 24.3 Å². The molecule has 2 amide bonds. The number of methoxy groups -OCH3 is 3. The number of carbonyl (C=O) groups excluding carboxylic acids is 2. The van der Waals surface area contributed by atoms with Crippen molar-refractivity contribution in [2.75, 3.05) is 26.6 Å². The fourth-order valence-corrected chi connectivity index (χ4v) is 2.86. The van der Waals surface area contributed by atoms with Gasteiger partial charge in [-0.15, -0.1) is 0 Å². The Morgan fingerprint density at radius 1 is 0.966 bits per heavy atom. The molecule has 29 heavy (non-hydrogen) atoms. The molecule has 2 aromatic rings. The van der Waals surface area contributed by atoms with Gasteiger partial charge in [0.2, 0.25) is 11.7 Å². The summed E-state index contributed by atoms with van der Waals surface area (Å²) in [7, 11) is 4.55. The second-order valence-electron chi connectivity index (χ2n) is 6.55. The van der Waals surface area contributed by atoms with Gasteiger partial charge in [0.05, 0.1) is 39.0 Å². The summed E-state index contributed by atoms with van der Waals surface area (Å²) in [5.74, 6) is 0.872. The molecule has 0 saturated carbocycles. The van der Waals surface area contributed by atoms with Crippen LogP contribution in [0, 0.1) is 0 Å². The van der Waals surface area contributed by atoms with Crippen molar-refractivity contribution < 1.29 is 23.8 Å². The topological polar surface area (TPSA) is 85.9 Å². The van der Waals surface area contributed by atoms with E-state index in [2.05, 4.69) is 10.6 Å². The van der Waals surface area contributed by atoms with Crippen LogP contribution < -0.4 is 24.8 Å². The lowest BCUT2D eigenvalue weighted by molar-refractivity contribution is -0.115. The van der Waals surface area contributed by atoms with Crippen LogP contribution in [0.1, 0.15) is 36.2 Å². The molecule has 7 heteroatoms. The largest absolute Gasteiger partial charge is 0.493 e. The predicted molar refractivity (Wildman–Crippen MR) is 112 cm³/mol. The third kappa shape index (κ3) is 5.40. The maximum absolute atomic E-state index is 12.7. The minimum absolute atomic E-state index is 0.0438. The van der Waals surface area contributed by atoms with Crippen LogP contribution in [0.25, 0.3) is 0 Å². The number of hydrogen-bond donors (Lipinski definition) is 2. The van der Waals surface area contributed by atoms with E-state index in [1.807, 2.05) is 13.8 Å². The SMILES string of the molecule is CC[C@@H](C)NC(=O)c1ccccc1NC(=O)Cc1ccc(OC)c(OC)c1OC. The molecule has 2 N–H and O–H groups in total. The van der Waals surface area contributed by atoms with Crippen LogP contribution in [-0.2, 0) is 11.2 Å². The molecular weight excluding hydrogens is 372 g/mol. The van der Waals surface area contributed by atoms with Crippen molar-refractivity contribution in [2.24, 2.45) is 0 Å². The van der Waals surface area contributed by atoms with Crippen molar-refractivity contribution in [3.05, 3.63) is 47.5 Å². The van der Waals surface area contributed by atoms with Gasteiger partial charge in [0.15, 0.2) is 11.5 Å². The first-order valence-electron chi connectivity index (χ1n) is 9.42. The Morgan fingerprint density at radius 3 is 2.28 bits per heavy atom. The van der Waals surface area contributed by atoms with Crippen LogP contribution >= 0.6 is 0 Å². The third-order valence-electron chi connectivity index (χ3n) is 4.57. The molecule has 0 heterocycles. The molecule has 0 bridgehead atoms. The number of rotatable bonds is 9. The zero-order valence-electron chi connectivity index (χ0n) is 17.5. The lowest BCUT2D eigenvalue weighted by atomic mass is 10.1. The maximum atomic E-state index is 12.7. The highest BCUT2D eigenvalue weighted by Gasteiger charge is 2.19. The van der Waals surface area contributed by atoms with Gasteiger partial charge in [-0.2, -0.15) is 0 Å². The van der Waals surface area contributed by atoms with Crippen LogP contribution in [-0.4, -0.2) is 39.2 Å². The van der Waals surface area contributed by atoms with Crippen molar-refractivity contribution in [1.82, 2.24) is 5.32 Å². The Bertz CT molecular complexity index is 866. The van der Waals surface area contributed by atoms with E-state index in [9.17, 15) is 9.59 Å². The summed E-state index contributed by atoms with van der Waals surface area (Å²) < 4.78 is 16.1. The summed E-state index contributed by atoms with van der Waals surface area (Å²) in [6, 6.07) is 10.4. The normalized spacial score (nSPS) is 11.3. The predicted octanol–water partition coefficient (Wildman–Crippen LogP) is 3.42. The summed E-state index contributed by atoms with van der Waals surface area (Å²) in [5.41, 5.74) is 1.52. The van der Waals surface area contributed by atoms with Crippen molar-refractivity contribution in [2.45, 2.75) is 32.7 Å². The molecule has 0 unspecified atom stereocenters. The minimum Gasteiger partial charge on any atom is -0.493 e.